The second kappa shape index (κ2) is 6.25. The monoisotopic (exact) mass is 331 g/mol. The Labute approximate surface area is 141 Å². The van der Waals surface area contributed by atoms with E-state index in [9.17, 15) is 0 Å². The number of hydrogen-bond acceptors (Lipinski definition) is 7. The highest BCUT2D eigenvalue weighted by Crippen LogP contribution is 2.38. The molecule has 1 aliphatic carbocycles. The zero-order chi connectivity index (χ0) is 16.7. The van der Waals surface area contributed by atoms with Crippen LogP contribution in [0.3, 0.4) is 0 Å². The molecule has 1 aliphatic heterocycles. The maximum Gasteiger partial charge on any atom is 0.245 e. The molecule has 0 unspecified atom stereocenters. The average molecular weight is 331 g/mol. The molecule has 0 amide bonds. The van der Waals surface area contributed by atoms with Gasteiger partial charge in [-0.1, -0.05) is 5.16 Å². The summed E-state index contributed by atoms with van der Waals surface area (Å²) in [6.45, 7) is 8.70. The summed E-state index contributed by atoms with van der Waals surface area (Å²) in [4.78, 5) is 9.35. The van der Waals surface area contributed by atoms with Crippen molar-refractivity contribution in [2.24, 2.45) is 0 Å². The SMILES string of the molecule is CCn1c(C)nnc1CN1CCN(C)[C@@H](c2nc(C3CC3)no2)C1. The van der Waals surface area contributed by atoms with E-state index in [4.69, 9.17) is 4.52 Å². The van der Waals surface area contributed by atoms with Crippen LogP contribution in [-0.4, -0.2) is 61.4 Å². The van der Waals surface area contributed by atoms with Gasteiger partial charge in [-0.25, -0.2) is 0 Å². The third-order valence-corrected chi connectivity index (χ3v) is 5.11. The minimum atomic E-state index is 0.151. The standard InChI is InChI=1S/C16H25N7O/c1-4-23-11(2)18-19-14(23)10-22-8-7-21(3)13(9-22)16-17-15(20-24-16)12-5-6-12/h12-13H,4-10H2,1-3H3/t13-/m1/s1. The molecule has 4 rings (SSSR count). The van der Waals surface area contributed by atoms with Crippen molar-refractivity contribution in [3.05, 3.63) is 23.4 Å². The van der Waals surface area contributed by atoms with Gasteiger partial charge in [0.05, 0.1) is 6.54 Å². The van der Waals surface area contributed by atoms with Crippen molar-refractivity contribution in [3.8, 4) is 0 Å². The van der Waals surface area contributed by atoms with Crippen molar-refractivity contribution in [1.29, 1.82) is 0 Å². The number of aryl methyl sites for hydroxylation is 1. The van der Waals surface area contributed by atoms with Crippen molar-refractivity contribution >= 4 is 0 Å². The highest BCUT2D eigenvalue weighted by molar-refractivity contribution is 5.06. The Balaban J connectivity index is 1.47. The van der Waals surface area contributed by atoms with Crippen LogP contribution in [0.1, 0.15) is 55.1 Å². The summed E-state index contributed by atoms with van der Waals surface area (Å²) in [6.07, 6.45) is 2.38. The Bertz CT molecular complexity index is 705. The zero-order valence-electron chi connectivity index (χ0n) is 14.6. The molecule has 1 saturated heterocycles. The summed E-state index contributed by atoms with van der Waals surface area (Å²) in [5.74, 6) is 4.17. The third kappa shape index (κ3) is 2.95. The number of aromatic nitrogens is 5. The Morgan fingerprint density at radius 3 is 2.79 bits per heavy atom. The fourth-order valence-electron chi connectivity index (χ4n) is 3.38. The van der Waals surface area contributed by atoms with Gasteiger partial charge >= 0.3 is 0 Å². The molecule has 130 valence electrons. The van der Waals surface area contributed by atoms with Crippen molar-refractivity contribution in [2.45, 2.75) is 51.7 Å². The molecule has 1 atom stereocenters. The summed E-state index contributed by atoms with van der Waals surface area (Å²) in [5.41, 5.74) is 0. The van der Waals surface area contributed by atoms with E-state index < -0.39 is 0 Å². The van der Waals surface area contributed by atoms with E-state index in [1.54, 1.807) is 0 Å². The van der Waals surface area contributed by atoms with E-state index in [1.165, 1.54) is 12.8 Å². The molecule has 0 spiro atoms. The molecule has 2 aliphatic rings. The molecule has 24 heavy (non-hydrogen) atoms. The summed E-state index contributed by atoms with van der Waals surface area (Å²) >= 11 is 0. The van der Waals surface area contributed by atoms with Gasteiger partial charge in [-0.3, -0.25) is 9.80 Å². The van der Waals surface area contributed by atoms with Crippen LogP contribution < -0.4 is 0 Å². The Morgan fingerprint density at radius 1 is 1.21 bits per heavy atom. The minimum absolute atomic E-state index is 0.151. The van der Waals surface area contributed by atoms with Gasteiger partial charge in [0.2, 0.25) is 5.89 Å². The predicted molar refractivity (Wildman–Crippen MR) is 87.4 cm³/mol. The minimum Gasteiger partial charge on any atom is -0.338 e. The van der Waals surface area contributed by atoms with E-state index in [0.717, 1.165) is 56.1 Å². The maximum atomic E-state index is 5.56. The summed E-state index contributed by atoms with van der Waals surface area (Å²) < 4.78 is 7.73. The van der Waals surface area contributed by atoms with Gasteiger partial charge in [0, 0.05) is 32.1 Å². The summed E-state index contributed by atoms with van der Waals surface area (Å²) in [5, 5.41) is 12.7. The molecule has 8 nitrogen and oxygen atoms in total. The molecule has 0 N–H and O–H groups in total. The fourth-order valence-corrected chi connectivity index (χ4v) is 3.38. The van der Waals surface area contributed by atoms with Gasteiger partial charge in [0.1, 0.15) is 17.7 Å². The van der Waals surface area contributed by atoms with Crippen LogP contribution in [0, 0.1) is 6.92 Å². The van der Waals surface area contributed by atoms with E-state index in [2.05, 4.69) is 48.7 Å². The molecule has 1 saturated carbocycles. The van der Waals surface area contributed by atoms with Gasteiger partial charge in [0.25, 0.3) is 0 Å². The van der Waals surface area contributed by atoms with Crippen molar-refractivity contribution in [3.63, 3.8) is 0 Å². The number of rotatable bonds is 5. The molecular weight excluding hydrogens is 306 g/mol. The topological polar surface area (TPSA) is 76.1 Å². The van der Waals surface area contributed by atoms with E-state index >= 15 is 0 Å². The Kier molecular flexibility index (Phi) is 4.09. The first-order chi connectivity index (χ1) is 11.7. The van der Waals surface area contributed by atoms with Gasteiger partial charge in [0.15, 0.2) is 5.82 Å². The van der Waals surface area contributed by atoms with Crippen LogP contribution in [-0.2, 0) is 13.1 Å². The molecule has 0 aromatic carbocycles. The summed E-state index contributed by atoms with van der Waals surface area (Å²) in [6, 6.07) is 0.151. The van der Waals surface area contributed by atoms with E-state index in [0.29, 0.717) is 5.92 Å². The lowest BCUT2D eigenvalue weighted by Gasteiger charge is -2.37. The Hall–Kier alpha value is -1.80. The van der Waals surface area contributed by atoms with Crippen LogP contribution in [0.25, 0.3) is 0 Å². The number of piperazine rings is 1. The molecule has 2 aromatic heterocycles. The van der Waals surface area contributed by atoms with Gasteiger partial charge in [-0.05, 0) is 33.7 Å². The van der Waals surface area contributed by atoms with Crippen molar-refractivity contribution in [2.75, 3.05) is 26.7 Å². The lowest BCUT2D eigenvalue weighted by Crippen LogP contribution is -2.46. The normalized spacial score (nSPS) is 23.0. The number of nitrogens with zero attached hydrogens (tertiary/aromatic N) is 7. The average Bonchev–Trinajstić information content (AvgIpc) is 3.21. The smallest absolute Gasteiger partial charge is 0.245 e. The van der Waals surface area contributed by atoms with Crippen LogP contribution in [0.5, 0.6) is 0 Å². The summed E-state index contributed by atoms with van der Waals surface area (Å²) in [7, 11) is 2.13. The molecule has 8 heteroatoms. The zero-order valence-corrected chi connectivity index (χ0v) is 14.6. The lowest BCUT2D eigenvalue weighted by molar-refractivity contribution is 0.0692. The first-order valence-corrected chi connectivity index (χ1v) is 8.80. The third-order valence-electron chi connectivity index (χ3n) is 5.11. The molecular formula is C16H25N7O. The predicted octanol–water partition coefficient (Wildman–Crippen LogP) is 1.36. The Morgan fingerprint density at radius 2 is 2.04 bits per heavy atom. The van der Waals surface area contributed by atoms with E-state index in [-0.39, 0.29) is 6.04 Å². The second-order valence-electron chi connectivity index (χ2n) is 6.90. The van der Waals surface area contributed by atoms with Crippen LogP contribution >= 0.6 is 0 Å². The first-order valence-electron chi connectivity index (χ1n) is 8.80. The van der Waals surface area contributed by atoms with Crippen molar-refractivity contribution in [1.82, 2.24) is 34.7 Å². The number of likely N-dealkylation sites (N-methyl/N-ethyl adjacent to an activating group) is 1. The lowest BCUT2D eigenvalue weighted by atomic mass is 10.1. The molecule has 0 bridgehead atoms. The molecule has 2 fully saturated rings. The van der Waals surface area contributed by atoms with Crippen molar-refractivity contribution < 1.29 is 4.52 Å². The molecule has 0 radical (unpaired) electrons. The highest BCUT2D eigenvalue weighted by atomic mass is 16.5. The van der Waals surface area contributed by atoms with Crippen LogP contribution in [0.15, 0.2) is 4.52 Å². The van der Waals surface area contributed by atoms with Crippen LogP contribution in [0.2, 0.25) is 0 Å². The highest BCUT2D eigenvalue weighted by Gasteiger charge is 2.34. The number of hydrogen-bond donors (Lipinski definition) is 0. The fraction of sp³-hybridized carbons (Fsp3) is 0.750. The van der Waals surface area contributed by atoms with Gasteiger partial charge in [-0.2, -0.15) is 4.98 Å². The largest absolute Gasteiger partial charge is 0.338 e. The molecule has 2 aromatic rings. The van der Waals surface area contributed by atoms with E-state index in [1.807, 2.05) is 6.92 Å². The molecule has 3 heterocycles. The van der Waals surface area contributed by atoms with Gasteiger partial charge < -0.3 is 9.09 Å². The van der Waals surface area contributed by atoms with Crippen LogP contribution in [0.4, 0.5) is 0 Å². The van der Waals surface area contributed by atoms with Gasteiger partial charge in [-0.15, -0.1) is 10.2 Å². The second-order valence-corrected chi connectivity index (χ2v) is 6.90. The maximum absolute atomic E-state index is 5.56. The first kappa shape index (κ1) is 15.7. The quantitative estimate of drug-likeness (QED) is 0.818.